The first-order valence-corrected chi connectivity index (χ1v) is 10.9. The summed E-state index contributed by atoms with van der Waals surface area (Å²) in [4.78, 5) is 25.6. The Morgan fingerprint density at radius 3 is 2.39 bits per heavy atom. The van der Waals surface area contributed by atoms with Crippen molar-refractivity contribution in [3.63, 3.8) is 0 Å². The van der Waals surface area contributed by atoms with Gasteiger partial charge >= 0.3 is 0 Å². The number of carbonyl (C=O) groups excluding carboxylic acids is 2. The van der Waals surface area contributed by atoms with Gasteiger partial charge in [-0.05, 0) is 35.4 Å². The van der Waals surface area contributed by atoms with Crippen molar-refractivity contribution >= 4 is 23.2 Å². The highest BCUT2D eigenvalue weighted by Crippen LogP contribution is 2.26. The molecular formula is C23H32N2O2S. The van der Waals surface area contributed by atoms with Crippen LogP contribution in [0.3, 0.4) is 0 Å². The Morgan fingerprint density at radius 1 is 1.11 bits per heavy atom. The molecule has 2 N–H and O–H groups in total. The first-order valence-electron chi connectivity index (χ1n) is 10.0. The molecule has 0 saturated heterocycles. The van der Waals surface area contributed by atoms with Crippen LogP contribution in [-0.4, -0.2) is 18.4 Å². The molecule has 0 spiro atoms. The molecule has 1 aromatic carbocycles. The van der Waals surface area contributed by atoms with Crippen molar-refractivity contribution in [3.8, 4) is 0 Å². The van der Waals surface area contributed by atoms with Crippen LogP contribution in [0, 0.1) is 5.41 Å². The normalized spacial score (nSPS) is 12.4. The van der Waals surface area contributed by atoms with Gasteiger partial charge in [0.2, 0.25) is 11.8 Å². The molecular weight excluding hydrogens is 368 g/mol. The second-order valence-corrected chi connectivity index (χ2v) is 9.10. The third-order valence-corrected chi connectivity index (χ3v) is 5.52. The summed E-state index contributed by atoms with van der Waals surface area (Å²) in [6, 6.07) is 12.4. The van der Waals surface area contributed by atoms with Crippen LogP contribution in [0.2, 0.25) is 0 Å². The molecule has 152 valence electrons. The second kappa shape index (κ2) is 10.4. The first kappa shape index (κ1) is 22.2. The standard InChI is InChI=1S/C23H32N2O2S/c1-5-6-8-17-10-12-18(13-11-17)21(19-9-7-16-28-19)25-20(26)14-15-24-22(27)23(2,3)4/h7,9-13,16,21H,5-6,8,14-15H2,1-4H3,(H,24,27)(H,25,26). The predicted octanol–water partition coefficient (Wildman–Crippen LogP) is 4.85. The van der Waals surface area contributed by atoms with Crippen molar-refractivity contribution in [2.45, 2.75) is 59.4 Å². The van der Waals surface area contributed by atoms with Gasteiger partial charge in [0.15, 0.2) is 0 Å². The summed E-state index contributed by atoms with van der Waals surface area (Å²) in [5.41, 5.74) is 1.96. The SMILES string of the molecule is CCCCc1ccc(C(NC(=O)CCNC(=O)C(C)(C)C)c2cccs2)cc1. The van der Waals surface area contributed by atoms with Crippen molar-refractivity contribution in [1.82, 2.24) is 10.6 Å². The first-order chi connectivity index (χ1) is 13.3. The zero-order valence-electron chi connectivity index (χ0n) is 17.4. The Kier molecular flexibility index (Phi) is 8.24. The van der Waals surface area contributed by atoms with Crippen LogP contribution in [0.1, 0.15) is 69.0 Å². The summed E-state index contributed by atoms with van der Waals surface area (Å²) in [5.74, 6) is -0.111. The fourth-order valence-electron chi connectivity index (χ4n) is 2.82. The number of aryl methyl sites for hydroxylation is 1. The van der Waals surface area contributed by atoms with Gasteiger partial charge in [0, 0.05) is 23.3 Å². The maximum absolute atomic E-state index is 12.5. The third kappa shape index (κ3) is 6.79. The Labute approximate surface area is 172 Å². The number of amides is 2. The molecule has 2 amide bonds. The van der Waals surface area contributed by atoms with Crippen LogP contribution >= 0.6 is 11.3 Å². The van der Waals surface area contributed by atoms with Crippen molar-refractivity contribution in [1.29, 1.82) is 0 Å². The second-order valence-electron chi connectivity index (χ2n) is 8.12. The highest BCUT2D eigenvalue weighted by atomic mass is 32.1. The molecule has 0 aliphatic rings. The summed E-state index contributed by atoms with van der Waals surface area (Å²) >= 11 is 1.63. The van der Waals surface area contributed by atoms with Gasteiger partial charge in [-0.3, -0.25) is 9.59 Å². The van der Waals surface area contributed by atoms with Crippen LogP contribution in [0.4, 0.5) is 0 Å². The van der Waals surface area contributed by atoms with E-state index in [1.54, 1.807) is 11.3 Å². The van der Waals surface area contributed by atoms with E-state index in [2.05, 4.69) is 41.8 Å². The van der Waals surface area contributed by atoms with Crippen molar-refractivity contribution in [2.75, 3.05) is 6.54 Å². The van der Waals surface area contributed by atoms with Gasteiger partial charge < -0.3 is 10.6 Å². The molecule has 0 bridgehead atoms. The molecule has 0 fully saturated rings. The molecule has 2 aromatic rings. The molecule has 2 rings (SSSR count). The van der Waals surface area contributed by atoms with Gasteiger partial charge in [-0.1, -0.05) is 64.4 Å². The van der Waals surface area contributed by atoms with E-state index in [9.17, 15) is 9.59 Å². The molecule has 5 heteroatoms. The van der Waals surface area contributed by atoms with E-state index < -0.39 is 5.41 Å². The molecule has 1 atom stereocenters. The van der Waals surface area contributed by atoms with Gasteiger partial charge in [0.1, 0.15) is 0 Å². The van der Waals surface area contributed by atoms with Crippen LogP contribution in [0.15, 0.2) is 41.8 Å². The lowest BCUT2D eigenvalue weighted by Gasteiger charge is -2.20. The number of nitrogens with one attached hydrogen (secondary N) is 2. The molecule has 28 heavy (non-hydrogen) atoms. The lowest BCUT2D eigenvalue weighted by Crippen LogP contribution is -2.38. The van der Waals surface area contributed by atoms with E-state index >= 15 is 0 Å². The lowest BCUT2D eigenvalue weighted by atomic mass is 9.96. The van der Waals surface area contributed by atoms with E-state index in [0.29, 0.717) is 6.54 Å². The number of thiophene rings is 1. The topological polar surface area (TPSA) is 58.2 Å². The summed E-state index contributed by atoms with van der Waals surface area (Å²) in [6.07, 6.45) is 3.71. The average molecular weight is 401 g/mol. The number of carbonyl (C=O) groups is 2. The third-order valence-electron chi connectivity index (χ3n) is 4.58. The molecule has 0 radical (unpaired) electrons. The average Bonchev–Trinajstić information content (AvgIpc) is 3.18. The monoisotopic (exact) mass is 400 g/mol. The minimum atomic E-state index is -0.449. The smallest absolute Gasteiger partial charge is 0.225 e. The minimum absolute atomic E-state index is 0.0437. The van der Waals surface area contributed by atoms with Crippen LogP contribution < -0.4 is 10.6 Å². The van der Waals surface area contributed by atoms with Crippen LogP contribution in [0.25, 0.3) is 0 Å². The summed E-state index contributed by atoms with van der Waals surface area (Å²) in [6.45, 7) is 8.12. The fourth-order valence-corrected chi connectivity index (χ4v) is 3.62. The zero-order chi connectivity index (χ0) is 20.6. The van der Waals surface area contributed by atoms with Gasteiger partial charge in [-0.15, -0.1) is 11.3 Å². The van der Waals surface area contributed by atoms with Crippen LogP contribution in [0.5, 0.6) is 0 Å². The number of hydrogen-bond donors (Lipinski definition) is 2. The largest absolute Gasteiger partial charge is 0.355 e. The van der Waals surface area contributed by atoms with Crippen molar-refractivity contribution in [2.24, 2.45) is 5.41 Å². The van der Waals surface area contributed by atoms with Crippen molar-refractivity contribution < 1.29 is 9.59 Å². The Bertz CT molecular complexity index is 746. The maximum atomic E-state index is 12.5. The molecule has 1 heterocycles. The van der Waals surface area contributed by atoms with Gasteiger partial charge in [-0.2, -0.15) is 0 Å². The van der Waals surface area contributed by atoms with E-state index in [0.717, 1.165) is 16.9 Å². The quantitative estimate of drug-likeness (QED) is 0.632. The van der Waals surface area contributed by atoms with E-state index in [1.807, 2.05) is 38.3 Å². The van der Waals surface area contributed by atoms with E-state index in [4.69, 9.17) is 0 Å². The molecule has 0 aliphatic carbocycles. The molecule has 0 saturated carbocycles. The predicted molar refractivity (Wildman–Crippen MR) is 116 cm³/mol. The van der Waals surface area contributed by atoms with Gasteiger partial charge in [0.05, 0.1) is 6.04 Å². The van der Waals surface area contributed by atoms with Crippen LogP contribution in [-0.2, 0) is 16.0 Å². The maximum Gasteiger partial charge on any atom is 0.225 e. The number of hydrogen-bond acceptors (Lipinski definition) is 3. The summed E-state index contributed by atoms with van der Waals surface area (Å²) < 4.78 is 0. The number of benzene rings is 1. The lowest BCUT2D eigenvalue weighted by molar-refractivity contribution is -0.128. The molecule has 1 unspecified atom stereocenters. The molecule has 1 aromatic heterocycles. The zero-order valence-corrected chi connectivity index (χ0v) is 18.2. The van der Waals surface area contributed by atoms with E-state index in [-0.39, 0.29) is 24.3 Å². The number of rotatable bonds is 9. The fraction of sp³-hybridized carbons (Fsp3) is 0.478. The Balaban J connectivity index is 2.00. The number of unbranched alkanes of at least 4 members (excludes halogenated alkanes) is 1. The Hall–Kier alpha value is -2.14. The van der Waals surface area contributed by atoms with Crippen molar-refractivity contribution in [3.05, 3.63) is 57.8 Å². The summed E-state index contributed by atoms with van der Waals surface area (Å²) in [5, 5.41) is 7.98. The Morgan fingerprint density at radius 2 is 1.82 bits per heavy atom. The highest BCUT2D eigenvalue weighted by Gasteiger charge is 2.21. The molecule has 4 nitrogen and oxygen atoms in total. The van der Waals surface area contributed by atoms with E-state index in [1.165, 1.54) is 18.4 Å². The van der Waals surface area contributed by atoms with Gasteiger partial charge in [0.25, 0.3) is 0 Å². The molecule has 0 aliphatic heterocycles. The minimum Gasteiger partial charge on any atom is -0.355 e. The van der Waals surface area contributed by atoms with Gasteiger partial charge in [-0.25, -0.2) is 0 Å². The summed E-state index contributed by atoms with van der Waals surface area (Å²) in [7, 11) is 0. The highest BCUT2D eigenvalue weighted by molar-refractivity contribution is 7.10.